The van der Waals surface area contributed by atoms with Crippen LogP contribution < -0.4 is 0 Å². The second kappa shape index (κ2) is 5.92. The van der Waals surface area contributed by atoms with Crippen LogP contribution in [-0.2, 0) is 4.79 Å². The number of halogens is 1. The van der Waals surface area contributed by atoms with Gasteiger partial charge in [0.2, 0.25) is 0 Å². The number of nitrogens with zero attached hydrogens (tertiary/aromatic N) is 1. The molecule has 0 atom stereocenters. The van der Waals surface area contributed by atoms with E-state index >= 15 is 0 Å². The lowest BCUT2D eigenvalue weighted by atomic mass is 10.3. The van der Waals surface area contributed by atoms with Gasteiger partial charge in [-0.25, -0.2) is 9.78 Å². The summed E-state index contributed by atoms with van der Waals surface area (Å²) >= 11 is 4.89. The largest absolute Gasteiger partial charge is 0.478 e. The highest BCUT2D eigenvalue weighted by atomic mass is 79.9. The van der Waals surface area contributed by atoms with Crippen molar-refractivity contribution in [1.29, 1.82) is 0 Å². The molecule has 0 unspecified atom stereocenters. The molecule has 0 spiro atoms. The second-order valence-electron chi connectivity index (χ2n) is 2.91. The first-order chi connectivity index (χ1) is 7.09. The molecule has 5 heteroatoms. The Morgan fingerprint density at radius 2 is 2.47 bits per heavy atom. The molecule has 1 aromatic heterocycles. The van der Waals surface area contributed by atoms with Crippen molar-refractivity contribution in [2.24, 2.45) is 0 Å². The van der Waals surface area contributed by atoms with E-state index in [9.17, 15) is 4.79 Å². The maximum Gasteiger partial charge on any atom is 0.328 e. The maximum atomic E-state index is 10.4. The van der Waals surface area contributed by atoms with Crippen LogP contribution in [0, 0.1) is 0 Å². The van der Waals surface area contributed by atoms with Crippen molar-refractivity contribution >= 4 is 33.7 Å². The minimum Gasteiger partial charge on any atom is -0.478 e. The van der Waals surface area contributed by atoms with E-state index in [-0.39, 0.29) is 0 Å². The van der Waals surface area contributed by atoms with E-state index in [1.807, 2.05) is 12.1 Å². The Kier molecular flexibility index (Phi) is 4.84. The van der Waals surface area contributed by atoms with Gasteiger partial charge in [-0.15, -0.1) is 11.8 Å². The summed E-state index contributed by atoms with van der Waals surface area (Å²) in [5.41, 5.74) is 0.810. The fraction of sp³-hybridized carbons (Fsp3) is 0.200. The van der Waals surface area contributed by atoms with Gasteiger partial charge in [0.05, 0.1) is 0 Å². The van der Waals surface area contributed by atoms with Crippen molar-refractivity contribution in [3.63, 3.8) is 0 Å². The highest BCUT2D eigenvalue weighted by Crippen LogP contribution is 2.25. The lowest BCUT2D eigenvalue weighted by Crippen LogP contribution is -1.92. The molecule has 1 rings (SSSR count). The number of aromatic nitrogens is 1. The van der Waals surface area contributed by atoms with E-state index in [4.69, 9.17) is 5.11 Å². The predicted molar refractivity (Wildman–Crippen MR) is 64.1 cm³/mol. The summed E-state index contributed by atoms with van der Waals surface area (Å²) in [4.78, 5) is 14.5. The monoisotopic (exact) mass is 287 g/mol. The van der Waals surface area contributed by atoms with Crippen LogP contribution in [0.1, 0.15) is 6.92 Å². The number of carboxylic acid groups (broad SMARTS) is 1. The average molecular weight is 288 g/mol. The third-order valence-electron chi connectivity index (χ3n) is 1.53. The Balaban J connectivity index is 2.58. The van der Waals surface area contributed by atoms with Gasteiger partial charge in [-0.3, -0.25) is 0 Å². The second-order valence-corrected chi connectivity index (χ2v) is 4.73. The van der Waals surface area contributed by atoms with Crippen molar-refractivity contribution in [3.8, 4) is 0 Å². The quantitative estimate of drug-likeness (QED) is 0.683. The molecule has 1 heterocycles. The number of hydrogen-bond acceptors (Lipinski definition) is 3. The summed E-state index contributed by atoms with van der Waals surface area (Å²) < 4.78 is 0.929. The molecule has 0 bridgehead atoms. The zero-order valence-corrected chi connectivity index (χ0v) is 10.5. The first-order valence-electron chi connectivity index (χ1n) is 4.23. The van der Waals surface area contributed by atoms with Gasteiger partial charge in [-0.2, -0.15) is 0 Å². The number of hydrogen-bond donors (Lipinski definition) is 1. The summed E-state index contributed by atoms with van der Waals surface area (Å²) in [5, 5.41) is 9.40. The van der Waals surface area contributed by atoms with Crippen LogP contribution in [0.5, 0.6) is 0 Å². The smallest absolute Gasteiger partial charge is 0.328 e. The number of pyridine rings is 1. The van der Waals surface area contributed by atoms with Crippen LogP contribution in [0.4, 0.5) is 0 Å². The molecule has 1 aromatic rings. The van der Waals surface area contributed by atoms with Gasteiger partial charge in [-0.1, -0.05) is 5.57 Å². The number of carboxylic acids is 1. The highest BCUT2D eigenvalue weighted by molar-refractivity contribution is 9.10. The molecule has 3 nitrogen and oxygen atoms in total. The topological polar surface area (TPSA) is 50.2 Å². The first-order valence-corrected chi connectivity index (χ1v) is 6.01. The molecule has 0 amide bonds. The van der Waals surface area contributed by atoms with Gasteiger partial charge < -0.3 is 5.11 Å². The average Bonchev–Trinajstić information content (AvgIpc) is 2.15. The van der Waals surface area contributed by atoms with Crippen molar-refractivity contribution in [1.82, 2.24) is 4.98 Å². The Hall–Kier alpha value is -0.810. The van der Waals surface area contributed by atoms with Crippen LogP contribution in [0.25, 0.3) is 0 Å². The minimum absolute atomic E-state index is 0.627. The lowest BCUT2D eigenvalue weighted by molar-refractivity contribution is -0.131. The van der Waals surface area contributed by atoms with Gasteiger partial charge in [-0.05, 0) is 35.0 Å². The Labute approximate surface area is 101 Å². The summed E-state index contributed by atoms with van der Waals surface area (Å²) in [5.74, 6) is -0.282. The van der Waals surface area contributed by atoms with E-state index in [1.165, 1.54) is 17.8 Å². The third-order valence-corrected chi connectivity index (χ3v) is 3.63. The fourth-order valence-corrected chi connectivity index (χ4v) is 2.30. The molecule has 0 saturated heterocycles. The molecule has 1 N–H and O–H groups in total. The molecule has 0 radical (unpaired) electrons. The van der Waals surface area contributed by atoms with E-state index in [0.29, 0.717) is 5.75 Å². The summed E-state index contributed by atoms with van der Waals surface area (Å²) in [7, 11) is 0. The van der Waals surface area contributed by atoms with Crippen LogP contribution in [0.3, 0.4) is 0 Å². The predicted octanol–water partition coefficient (Wildman–Crippen LogP) is 2.97. The molecule has 0 aliphatic carbocycles. The highest BCUT2D eigenvalue weighted by Gasteiger charge is 2.02. The number of rotatable bonds is 4. The number of carbonyl (C=O) groups is 1. The fourth-order valence-electron chi connectivity index (χ4n) is 0.912. The molecule has 15 heavy (non-hydrogen) atoms. The summed E-state index contributed by atoms with van der Waals surface area (Å²) in [6.45, 7) is 1.79. The Morgan fingerprint density at radius 1 is 1.73 bits per heavy atom. The SMILES string of the molecule is CC(=CC(=O)O)CSc1ncccc1Br. The van der Waals surface area contributed by atoms with Crippen LogP contribution in [-0.4, -0.2) is 21.8 Å². The summed E-state index contributed by atoms with van der Waals surface area (Å²) in [6.07, 6.45) is 2.92. The zero-order valence-electron chi connectivity index (χ0n) is 8.11. The molecule has 0 fully saturated rings. The summed E-state index contributed by atoms with van der Waals surface area (Å²) in [6, 6.07) is 3.75. The normalized spacial score (nSPS) is 11.5. The van der Waals surface area contributed by atoms with Crippen LogP contribution in [0.2, 0.25) is 0 Å². The maximum absolute atomic E-state index is 10.4. The van der Waals surface area contributed by atoms with Gasteiger partial charge in [0.15, 0.2) is 0 Å². The third kappa shape index (κ3) is 4.48. The Morgan fingerprint density at radius 3 is 3.07 bits per heavy atom. The minimum atomic E-state index is -0.909. The standard InChI is InChI=1S/C10H10BrNO2S/c1-7(5-9(13)14)6-15-10-8(11)3-2-4-12-10/h2-5H,6H2,1H3,(H,13,14). The van der Waals surface area contributed by atoms with Crippen molar-refractivity contribution in [2.45, 2.75) is 11.9 Å². The lowest BCUT2D eigenvalue weighted by Gasteiger charge is -2.02. The van der Waals surface area contributed by atoms with Crippen molar-refractivity contribution in [3.05, 3.63) is 34.5 Å². The van der Waals surface area contributed by atoms with E-state index < -0.39 is 5.97 Å². The number of aliphatic carboxylic acids is 1. The molecule has 80 valence electrons. The van der Waals surface area contributed by atoms with E-state index in [1.54, 1.807) is 13.1 Å². The van der Waals surface area contributed by atoms with Gasteiger partial charge >= 0.3 is 5.97 Å². The molecule has 0 aliphatic heterocycles. The Bertz CT molecular complexity index is 393. The van der Waals surface area contributed by atoms with Gasteiger partial charge in [0.25, 0.3) is 0 Å². The van der Waals surface area contributed by atoms with Crippen molar-refractivity contribution in [2.75, 3.05) is 5.75 Å². The molecule has 0 saturated carbocycles. The zero-order chi connectivity index (χ0) is 11.3. The van der Waals surface area contributed by atoms with Crippen LogP contribution in [0.15, 0.2) is 39.5 Å². The van der Waals surface area contributed by atoms with Gasteiger partial charge in [0.1, 0.15) is 5.03 Å². The number of thioether (sulfide) groups is 1. The first kappa shape index (κ1) is 12.3. The molecule has 0 aromatic carbocycles. The van der Waals surface area contributed by atoms with Crippen LogP contribution >= 0.6 is 27.7 Å². The van der Waals surface area contributed by atoms with E-state index in [0.717, 1.165) is 15.1 Å². The van der Waals surface area contributed by atoms with Crippen molar-refractivity contribution < 1.29 is 9.90 Å². The molecule has 0 aliphatic rings. The molecular formula is C10H10BrNO2S. The van der Waals surface area contributed by atoms with E-state index in [2.05, 4.69) is 20.9 Å². The molecular weight excluding hydrogens is 278 g/mol. The van der Waals surface area contributed by atoms with Gasteiger partial charge in [0, 0.05) is 22.5 Å².